The van der Waals surface area contributed by atoms with Crippen molar-refractivity contribution in [1.29, 1.82) is 0 Å². The molecule has 2 aromatic carbocycles. The fourth-order valence-corrected chi connectivity index (χ4v) is 4.01. The molecule has 4 aromatic rings. The molecular weight excluding hydrogens is 404 g/mol. The number of fused-ring (bicyclic) bond motifs is 1. The maximum Gasteiger partial charge on any atom is 0.269 e. The average molecular weight is 420 g/mol. The van der Waals surface area contributed by atoms with Crippen LogP contribution in [-0.4, -0.2) is 27.4 Å². The van der Waals surface area contributed by atoms with E-state index >= 15 is 0 Å². The Balaban J connectivity index is 1.63. The number of nitro groups is 1. The number of benzene rings is 2. The Morgan fingerprint density at radius 3 is 2.53 bits per heavy atom. The fraction of sp³-hybridized carbons (Fsp3) is 0.0952. The summed E-state index contributed by atoms with van der Waals surface area (Å²) in [6, 6.07) is 15.2. The van der Waals surface area contributed by atoms with Crippen LogP contribution in [0.4, 0.5) is 11.4 Å². The Kier molecular flexibility index (Phi) is 5.11. The van der Waals surface area contributed by atoms with Crippen LogP contribution in [0.15, 0.2) is 71.1 Å². The molecule has 0 bridgehead atoms. The lowest BCUT2D eigenvalue weighted by atomic mass is 10.1. The maximum atomic E-state index is 13.1. The van der Waals surface area contributed by atoms with Crippen molar-refractivity contribution >= 4 is 38.8 Å². The third kappa shape index (κ3) is 3.58. The van der Waals surface area contributed by atoms with Crippen molar-refractivity contribution < 1.29 is 9.72 Å². The molecule has 0 atom stereocenters. The summed E-state index contributed by atoms with van der Waals surface area (Å²) < 4.78 is 1.28. The smallest absolute Gasteiger partial charge is 0.269 e. The summed E-state index contributed by atoms with van der Waals surface area (Å²) in [6.07, 6.45) is 1.37. The van der Waals surface area contributed by atoms with Gasteiger partial charge in [0.25, 0.3) is 11.2 Å². The Hall–Kier alpha value is -3.85. The Labute approximate surface area is 174 Å². The van der Waals surface area contributed by atoms with E-state index in [-0.39, 0.29) is 23.7 Å². The number of likely N-dealkylation sites (N-methyl/N-ethyl adjacent to an activating group) is 1. The number of thiophene rings is 1. The monoisotopic (exact) mass is 420 g/mol. The maximum absolute atomic E-state index is 13.1. The molecule has 9 heteroatoms. The van der Waals surface area contributed by atoms with Crippen LogP contribution < -0.4 is 10.5 Å². The summed E-state index contributed by atoms with van der Waals surface area (Å²) in [5.41, 5.74) is 1.85. The molecule has 1 amide bonds. The first-order valence-corrected chi connectivity index (χ1v) is 9.87. The molecule has 2 aromatic heterocycles. The molecule has 0 fully saturated rings. The van der Waals surface area contributed by atoms with Crippen molar-refractivity contribution in [2.75, 3.05) is 11.9 Å². The number of carbonyl (C=O) groups is 1. The third-order valence-electron chi connectivity index (χ3n) is 4.77. The number of aromatic nitrogens is 2. The molecule has 0 spiro atoms. The van der Waals surface area contributed by atoms with Crippen molar-refractivity contribution in [1.82, 2.24) is 9.55 Å². The molecule has 0 radical (unpaired) electrons. The highest BCUT2D eigenvalue weighted by Gasteiger charge is 2.17. The highest BCUT2D eigenvalue weighted by Crippen LogP contribution is 2.30. The van der Waals surface area contributed by atoms with Gasteiger partial charge in [0, 0.05) is 35.8 Å². The summed E-state index contributed by atoms with van der Waals surface area (Å²) in [4.78, 5) is 42.4. The van der Waals surface area contributed by atoms with Crippen LogP contribution >= 0.6 is 11.3 Å². The lowest BCUT2D eigenvalue weighted by molar-refractivity contribution is -0.384. The molecule has 150 valence electrons. The number of anilines is 1. The number of nitrogens with zero attached hydrogens (tertiary/aromatic N) is 4. The molecular formula is C21H16N4O4S. The van der Waals surface area contributed by atoms with E-state index in [1.807, 2.05) is 35.7 Å². The minimum Gasteiger partial charge on any atom is -0.314 e. The van der Waals surface area contributed by atoms with Gasteiger partial charge in [-0.15, -0.1) is 11.3 Å². The number of carbonyl (C=O) groups excluding carboxylic acids is 1. The summed E-state index contributed by atoms with van der Waals surface area (Å²) in [5.74, 6) is -0.344. The lowest BCUT2D eigenvalue weighted by Gasteiger charge is -2.17. The first-order valence-electron chi connectivity index (χ1n) is 8.99. The summed E-state index contributed by atoms with van der Waals surface area (Å²) >= 11 is 1.38. The molecule has 4 rings (SSSR count). The van der Waals surface area contributed by atoms with Gasteiger partial charge in [-0.25, -0.2) is 4.98 Å². The Morgan fingerprint density at radius 1 is 1.17 bits per heavy atom. The number of rotatable bonds is 5. The molecule has 0 saturated carbocycles. The lowest BCUT2D eigenvalue weighted by Crippen LogP contribution is -2.34. The molecule has 0 N–H and O–H groups in total. The predicted octanol–water partition coefficient (Wildman–Crippen LogP) is 3.70. The fourth-order valence-electron chi connectivity index (χ4n) is 3.10. The van der Waals surface area contributed by atoms with Crippen molar-refractivity contribution in [3.8, 4) is 11.1 Å². The van der Waals surface area contributed by atoms with E-state index in [0.717, 1.165) is 11.1 Å². The molecule has 0 aliphatic heterocycles. The average Bonchev–Trinajstić information content (AvgIpc) is 3.20. The van der Waals surface area contributed by atoms with Gasteiger partial charge in [0.15, 0.2) is 0 Å². The normalized spacial score (nSPS) is 10.8. The topological polar surface area (TPSA) is 98.3 Å². The molecule has 2 heterocycles. The number of hydrogen-bond donors (Lipinski definition) is 0. The van der Waals surface area contributed by atoms with Gasteiger partial charge in [0.05, 0.1) is 16.6 Å². The second-order valence-corrected chi connectivity index (χ2v) is 7.46. The summed E-state index contributed by atoms with van der Waals surface area (Å²) in [5, 5.41) is 13.2. The van der Waals surface area contributed by atoms with Gasteiger partial charge in [0.2, 0.25) is 5.91 Å². The number of non-ortho nitro benzene ring substituents is 1. The highest BCUT2D eigenvalue weighted by molar-refractivity contribution is 7.17. The van der Waals surface area contributed by atoms with Gasteiger partial charge >= 0.3 is 0 Å². The van der Waals surface area contributed by atoms with Crippen molar-refractivity contribution in [2.24, 2.45) is 0 Å². The second-order valence-electron chi connectivity index (χ2n) is 6.60. The third-order valence-corrected chi connectivity index (χ3v) is 5.66. The van der Waals surface area contributed by atoms with Gasteiger partial charge in [-0.1, -0.05) is 30.3 Å². The molecule has 0 unspecified atom stereocenters. The molecule has 0 aliphatic carbocycles. The molecule has 30 heavy (non-hydrogen) atoms. The Morgan fingerprint density at radius 2 is 1.87 bits per heavy atom. The van der Waals surface area contributed by atoms with Crippen molar-refractivity contribution in [3.05, 3.63) is 86.8 Å². The van der Waals surface area contributed by atoms with E-state index in [0.29, 0.717) is 15.9 Å². The van der Waals surface area contributed by atoms with Crippen LogP contribution in [0.2, 0.25) is 0 Å². The zero-order valence-corrected chi connectivity index (χ0v) is 16.7. The van der Waals surface area contributed by atoms with Crippen LogP contribution in [-0.2, 0) is 11.3 Å². The molecule has 0 saturated heterocycles. The van der Waals surface area contributed by atoms with Gasteiger partial charge in [-0.2, -0.15) is 0 Å². The van der Waals surface area contributed by atoms with Crippen molar-refractivity contribution in [2.45, 2.75) is 6.54 Å². The standard InChI is InChI=1S/C21H16N4O4S/c1-23(15-7-9-16(10-8-15)25(28)29)18(26)11-24-13-22-20-19(21(24)27)17(12-30-20)14-5-3-2-4-6-14/h2-10,12-13H,11H2,1H3. The van der Waals surface area contributed by atoms with Crippen LogP contribution in [0.5, 0.6) is 0 Å². The van der Waals surface area contributed by atoms with E-state index in [1.165, 1.54) is 51.4 Å². The predicted molar refractivity (Wildman–Crippen MR) is 116 cm³/mol. The van der Waals surface area contributed by atoms with Crippen LogP contribution in [0.25, 0.3) is 21.3 Å². The van der Waals surface area contributed by atoms with Crippen LogP contribution in [0, 0.1) is 10.1 Å². The van der Waals surface area contributed by atoms with E-state index in [2.05, 4.69) is 4.98 Å². The number of amides is 1. The Bertz CT molecular complexity index is 1300. The first kappa shape index (κ1) is 19.5. The number of nitro benzene ring substituents is 1. The zero-order chi connectivity index (χ0) is 21.3. The van der Waals surface area contributed by atoms with E-state index in [1.54, 1.807) is 7.05 Å². The first-order chi connectivity index (χ1) is 14.5. The van der Waals surface area contributed by atoms with E-state index in [9.17, 15) is 19.7 Å². The van der Waals surface area contributed by atoms with Crippen LogP contribution in [0.3, 0.4) is 0 Å². The van der Waals surface area contributed by atoms with Gasteiger partial charge in [-0.05, 0) is 17.7 Å². The highest BCUT2D eigenvalue weighted by atomic mass is 32.1. The van der Waals surface area contributed by atoms with Crippen molar-refractivity contribution in [3.63, 3.8) is 0 Å². The molecule has 8 nitrogen and oxygen atoms in total. The minimum absolute atomic E-state index is 0.0589. The zero-order valence-electron chi connectivity index (χ0n) is 15.9. The summed E-state index contributed by atoms with van der Waals surface area (Å²) in [6.45, 7) is -0.195. The van der Waals surface area contributed by atoms with Gasteiger partial charge < -0.3 is 4.90 Å². The van der Waals surface area contributed by atoms with E-state index in [4.69, 9.17) is 0 Å². The quantitative estimate of drug-likeness (QED) is 0.362. The SMILES string of the molecule is CN(C(=O)Cn1cnc2scc(-c3ccccc3)c2c1=O)c1ccc([N+](=O)[O-])cc1. The molecule has 0 aliphatic rings. The van der Waals surface area contributed by atoms with E-state index < -0.39 is 4.92 Å². The summed E-state index contributed by atoms with van der Waals surface area (Å²) in [7, 11) is 1.56. The number of hydrogen-bond acceptors (Lipinski definition) is 6. The minimum atomic E-state index is -0.503. The van der Waals surface area contributed by atoms with Crippen LogP contribution in [0.1, 0.15) is 0 Å². The second kappa shape index (κ2) is 7.88. The van der Waals surface area contributed by atoms with Gasteiger partial charge in [-0.3, -0.25) is 24.3 Å². The van der Waals surface area contributed by atoms with Gasteiger partial charge in [0.1, 0.15) is 11.4 Å². The largest absolute Gasteiger partial charge is 0.314 e.